The van der Waals surface area contributed by atoms with E-state index in [0.29, 0.717) is 23.1 Å². The number of anilines is 1. The second-order valence-corrected chi connectivity index (χ2v) is 5.79. The molecule has 2 amide bonds. The SMILES string of the molecule is CCn1c(NC(=O)CNC(=O)c2ccccc2Cl)nc2ccccc21. The molecule has 1 heterocycles. The van der Waals surface area contributed by atoms with Gasteiger partial charge in [-0.3, -0.25) is 14.9 Å². The Labute approximate surface area is 149 Å². The molecule has 3 aromatic rings. The number of hydrogen-bond donors (Lipinski definition) is 2. The van der Waals surface area contributed by atoms with Crippen LogP contribution in [0.3, 0.4) is 0 Å². The molecule has 128 valence electrons. The Hall–Kier alpha value is -2.86. The first-order valence-corrected chi connectivity index (χ1v) is 8.25. The van der Waals surface area contributed by atoms with Gasteiger partial charge >= 0.3 is 0 Å². The summed E-state index contributed by atoms with van der Waals surface area (Å²) in [6.07, 6.45) is 0. The number of amides is 2. The predicted octanol–water partition coefficient (Wildman–Crippen LogP) is 3.08. The number of carbonyl (C=O) groups excluding carboxylic acids is 2. The number of aromatic nitrogens is 2. The third-order valence-electron chi connectivity index (χ3n) is 3.75. The maximum absolute atomic E-state index is 12.2. The summed E-state index contributed by atoms with van der Waals surface area (Å²) >= 11 is 5.97. The third kappa shape index (κ3) is 3.64. The molecule has 25 heavy (non-hydrogen) atoms. The quantitative estimate of drug-likeness (QED) is 0.737. The zero-order chi connectivity index (χ0) is 17.8. The Balaban J connectivity index is 1.67. The van der Waals surface area contributed by atoms with Gasteiger partial charge in [0.05, 0.1) is 28.2 Å². The third-order valence-corrected chi connectivity index (χ3v) is 4.08. The Morgan fingerprint density at radius 3 is 2.60 bits per heavy atom. The second-order valence-electron chi connectivity index (χ2n) is 5.38. The molecular formula is C18H17ClN4O2. The largest absolute Gasteiger partial charge is 0.343 e. The maximum Gasteiger partial charge on any atom is 0.253 e. The van der Waals surface area contributed by atoms with E-state index in [4.69, 9.17) is 11.6 Å². The second kappa shape index (κ2) is 7.36. The Bertz CT molecular complexity index is 936. The van der Waals surface area contributed by atoms with Gasteiger partial charge in [-0.15, -0.1) is 0 Å². The topological polar surface area (TPSA) is 76.0 Å². The van der Waals surface area contributed by atoms with Crippen LogP contribution in [0.4, 0.5) is 5.95 Å². The zero-order valence-electron chi connectivity index (χ0n) is 13.6. The van der Waals surface area contributed by atoms with E-state index in [1.54, 1.807) is 24.3 Å². The van der Waals surface area contributed by atoms with E-state index >= 15 is 0 Å². The lowest BCUT2D eigenvalue weighted by atomic mass is 10.2. The number of nitrogens with zero attached hydrogens (tertiary/aromatic N) is 2. The highest BCUT2D eigenvalue weighted by Gasteiger charge is 2.14. The molecule has 7 heteroatoms. The van der Waals surface area contributed by atoms with Crippen molar-refractivity contribution >= 4 is 40.4 Å². The fourth-order valence-electron chi connectivity index (χ4n) is 2.56. The van der Waals surface area contributed by atoms with Gasteiger partial charge in [-0.05, 0) is 31.2 Å². The highest BCUT2D eigenvalue weighted by Crippen LogP contribution is 2.19. The monoisotopic (exact) mass is 356 g/mol. The minimum absolute atomic E-state index is 0.170. The van der Waals surface area contributed by atoms with Crippen LogP contribution in [0.1, 0.15) is 17.3 Å². The molecule has 3 rings (SSSR count). The van der Waals surface area contributed by atoms with Crippen molar-refractivity contribution in [2.75, 3.05) is 11.9 Å². The molecule has 0 aliphatic rings. The number of imidazole rings is 1. The summed E-state index contributed by atoms with van der Waals surface area (Å²) < 4.78 is 1.91. The fourth-order valence-corrected chi connectivity index (χ4v) is 2.78. The van der Waals surface area contributed by atoms with Crippen molar-refractivity contribution in [3.8, 4) is 0 Å². The Morgan fingerprint density at radius 1 is 1.12 bits per heavy atom. The van der Waals surface area contributed by atoms with Crippen molar-refractivity contribution in [3.05, 3.63) is 59.1 Å². The van der Waals surface area contributed by atoms with E-state index in [1.807, 2.05) is 35.8 Å². The number of para-hydroxylation sites is 2. The normalized spacial score (nSPS) is 10.6. The minimum Gasteiger partial charge on any atom is -0.343 e. The average Bonchev–Trinajstić information content (AvgIpc) is 2.97. The minimum atomic E-state index is -0.398. The van der Waals surface area contributed by atoms with E-state index < -0.39 is 5.91 Å². The van der Waals surface area contributed by atoms with Gasteiger partial charge in [-0.1, -0.05) is 35.9 Å². The molecule has 6 nitrogen and oxygen atoms in total. The first-order chi connectivity index (χ1) is 12.1. The van der Waals surface area contributed by atoms with Crippen molar-refractivity contribution < 1.29 is 9.59 Å². The van der Waals surface area contributed by atoms with E-state index in [9.17, 15) is 9.59 Å². The number of nitrogens with one attached hydrogen (secondary N) is 2. The number of benzene rings is 2. The summed E-state index contributed by atoms with van der Waals surface area (Å²) in [4.78, 5) is 28.7. The molecule has 0 radical (unpaired) electrons. The summed E-state index contributed by atoms with van der Waals surface area (Å²) in [5, 5.41) is 5.64. The lowest BCUT2D eigenvalue weighted by Gasteiger charge is -2.09. The van der Waals surface area contributed by atoms with Crippen molar-refractivity contribution in [2.24, 2.45) is 0 Å². The first kappa shape index (κ1) is 17.0. The van der Waals surface area contributed by atoms with Gasteiger partial charge < -0.3 is 9.88 Å². The number of halogens is 1. The molecule has 0 saturated carbocycles. The van der Waals surface area contributed by atoms with Crippen LogP contribution in [-0.4, -0.2) is 27.9 Å². The van der Waals surface area contributed by atoms with E-state index in [-0.39, 0.29) is 12.5 Å². The zero-order valence-corrected chi connectivity index (χ0v) is 14.4. The molecule has 0 saturated heterocycles. The van der Waals surface area contributed by atoms with Crippen molar-refractivity contribution in [1.82, 2.24) is 14.9 Å². The van der Waals surface area contributed by atoms with Crippen molar-refractivity contribution in [2.45, 2.75) is 13.5 Å². The average molecular weight is 357 g/mol. The van der Waals surface area contributed by atoms with Gasteiger partial charge in [0.1, 0.15) is 0 Å². The molecular weight excluding hydrogens is 340 g/mol. The molecule has 0 aliphatic carbocycles. The van der Waals surface area contributed by atoms with Crippen LogP contribution in [0.15, 0.2) is 48.5 Å². The Kier molecular flexibility index (Phi) is 5.00. The van der Waals surface area contributed by atoms with Crippen LogP contribution < -0.4 is 10.6 Å². The number of aryl methyl sites for hydroxylation is 1. The van der Waals surface area contributed by atoms with Crippen LogP contribution in [-0.2, 0) is 11.3 Å². The fraction of sp³-hybridized carbons (Fsp3) is 0.167. The van der Waals surface area contributed by atoms with Gasteiger partial charge in [0.25, 0.3) is 5.91 Å². The molecule has 0 aliphatic heterocycles. The molecule has 2 aromatic carbocycles. The smallest absolute Gasteiger partial charge is 0.253 e. The first-order valence-electron chi connectivity index (χ1n) is 7.88. The van der Waals surface area contributed by atoms with E-state index in [1.165, 1.54) is 0 Å². The molecule has 1 aromatic heterocycles. The summed E-state index contributed by atoms with van der Waals surface area (Å²) in [6.45, 7) is 2.47. The van der Waals surface area contributed by atoms with Gasteiger partial charge in [-0.25, -0.2) is 4.98 Å². The maximum atomic E-state index is 12.2. The van der Waals surface area contributed by atoms with Gasteiger partial charge in [0, 0.05) is 6.54 Å². The lowest BCUT2D eigenvalue weighted by molar-refractivity contribution is -0.115. The van der Waals surface area contributed by atoms with Crippen LogP contribution in [0, 0.1) is 0 Å². The molecule has 0 unspecified atom stereocenters. The van der Waals surface area contributed by atoms with Gasteiger partial charge in [0.2, 0.25) is 11.9 Å². The van der Waals surface area contributed by atoms with Crippen LogP contribution in [0.5, 0.6) is 0 Å². The summed E-state index contributed by atoms with van der Waals surface area (Å²) in [7, 11) is 0. The van der Waals surface area contributed by atoms with E-state index in [2.05, 4.69) is 15.6 Å². The van der Waals surface area contributed by atoms with Crippen molar-refractivity contribution in [1.29, 1.82) is 0 Å². The van der Waals surface area contributed by atoms with Crippen molar-refractivity contribution in [3.63, 3.8) is 0 Å². The number of fused-ring (bicyclic) bond motifs is 1. The number of carbonyl (C=O) groups is 2. The standard InChI is InChI=1S/C18H17ClN4O2/c1-2-23-15-10-6-5-9-14(15)21-18(23)22-16(24)11-20-17(25)12-7-3-4-8-13(12)19/h3-10H,2,11H2,1H3,(H,20,25)(H,21,22,24). The van der Waals surface area contributed by atoms with Gasteiger partial charge in [-0.2, -0.15) is 0 Å². The van der Waals surface area contributed by atoms with Gasteiger partial charge in [0.15, 0.2) is 0 Å². The highest BCUT2D eigenvalue weighted by atomic mass is 35.5. The molecule has 0 bridgehead atoms. The lowest BCUT2D eigenvalue weighted by Crippen LogP contribution is -2.33. The summed E-state index contributed by atoms with van der Waals surface area (Å²) in [6, 6.07) is 14.3. The van der Waals surface area contributed by atoms with Crippen LogP contribution in [0.2, 0.25) is 5.02 Å². The highest BCUT2D eigenvalue weighted by molar-refractivity contribution is 6.33. The summed E-state index contributed by atoms with van der Waals surface area (Å²) in [5.41, 5.74) is 2.08. The van der Waals surface area contributed by atoms with E-state index in [0.717, 1.165) is 11.0 Å². The Morgan fingerprint density at radius 2 is 1.84 bits per heavy atom. The molecule has 0 spiro atoms. The van der Waals surface area contributed by atoms with Crippen LogP contribution >= 0.6 is 11.6 Å². The summed E-state index contributed by atoms with van der Waals surface area (Å²) in [5.74, 6) is -0.296. The molecule has 0 fully saturated rings. The number of rotatable bonds is 5. The number of hydrogen-bond acceptors (Lipinski definition) is 3. The molecule has 2 N–H and O–H groups in total. The predicted molar refractivity (Wildman–Crippen MR) is 97.8 cm³/mol. The molecule has 0 atom stereocenters. The van der Waals surface area contributed by atoms with Crippen LogP contribution in [0.25, 0.3) is 11.0 Å².